The summed E-state index contributed by atoms with van der Waals surface area (Å²) in [7, 11) is 0. The zero-order valence-corrected chi connectivity index (χ0v) is 46.6. The summed E-state index contributed by atoms with van der Waals surface area (Å²) in [5.74, 6) is -0.0441. The average molecular weight is 973 g/mol. The first-order chi connectivity index (χ1) is 34.0. The van der Waals surface area contributed by atoms with E-state index in [0.717, 1.165) is 44.9 Å². The van der Waals surface area contributed by atoms with Gasteiger partial charge in [0.1, 0.15) is 0 Å². The van der Waals surface area contributed by atoms with Gasteiger partial charge >= 0.3 is 5.97 Å². The van der Waals surface area contributed by atoms with Gasteiger partial charge in [-0.1, -0.05) is 276 Å². The minimum absolute atomic E-state index is 0.00339. The number of carbonyl (C=O) groups is 2. The van der Waals surface area contributed by atoms with Crippen LogP contribution in [0.4, 0.5) is 0 Å². The molecule has 6 nitrogen and oxygen atoms in total. The smallest absolute Gasteiger partial charge is 0.305 e. The van der Waals surface area contributed by atoms with E-state index in [-0.39, 0.29) is 18.5 Å². The second-order valence-electron chi connectivity index (χ2n) is 21.4. The number of ether oxygens (including phenoxy) is 1. The Balaban J connectivity index is 3.44. The molecule has 0 fully saturated rings. The topological polar surface area (TPSA) is 95.9 Å². The summed E-state index contributed by atoms with van der Waals surface area (Å²) in [6, 6.07) is -0.548. The molecule has 69 heavy (non-hydrogen) atoms. The molecular formula is C63H121NO5. The summed E-state index contributed by atoms with van der Waals surface area (Å²) in [5, 5.41) is 23.4. The first-order valence-electron chi connectivity index (χ1n) is 31.1. The number of aliphatic hydroxyl groups excluding tert-OH is 2. The van der Waals surface area contributed by atoms with Crippen molar-refractivity contribution in [2.24, 2.45) is 0 Å². The van der Waals surface area contributed by atoms with Gasteiger partial charge in [-0.15, -0.1) is 0 Å². The minimum atomic E-state index is -0.670. The largest absolute Gasteiger partial charge is 0.466 e. The van der Waals surface area contributed by atoms with Crippen molar-refractivity contribution < 1.29 is 24.5 Å². The molecule has 0 aliphatic carbocycles. The van der Waals surface area contributed by atoms with Gasteiger partial charge in [0.05, 0.1) is 25.4 Å². The van der Waals surface area contributed by atoms with Crippen LogP contribution in [-0.2, 0) is 14.3 Å². The number of allylic oxidation sites excluding steroid dienone is 4. The van der Waals surface area contributed by atoms with E-state index in [2.05, 4.69) is 43.5 Å². The maximum absolute atomic E-state index is 12.5. The average Bonchev–Trinajstić information content (AvgIpc) is 3.35. The summed E-state index contributed by atoms with van der Waals surface area (Å²) in [6.45, 7) is 4.94. The monoisotopic (exact) mass is 972 g/mol. The molecule has 0 heterocycles. The maximum Gasteiger partial charge on any atom is 0.305 e. The van der Waals surface area contributed by atoms with E-state index in [9.17, 15) is 19.8 Å². The van der Waals surface area contributed by atoms with Gasteiger partial charge in [-0.3, -0.25) is 9.59 Å². The summed E-state index contributed by atoms with van der Waals surface area (Å²) in [5.41, 5.74) is 0. The Bertz CT molecular complexity index is 1080. The lowest BCUT2D eigenvalue weighted by Gasteiger charge is -2.22. The van der Waals surface area contributed by atoms with E-state index in [4.69, 9.17) is 4.74 Å². The predicted molar refractivity (Wildman–Crippen MR) is 301 cm³/mol. The number of unbranched alkanes of at least 4 members (excludes halogenated alkanes) is 43. The number of carbonyl (C=O) groups excluding carboxylic acids is 2. The molecule has 0 spiro atoms. The van der Waals surface area contributed by atoms with Gasteiger partial charge in [0.15, 0.2) is 0 Å². The van der Waals surface area contributed by atoms with Gasteiger partial charge in [-0.25, -0.2) is 0 Å². The molecule has 0 radical (unpaired) electrons. The normalized spacial score (nSPS) is 12.7. The summed E-state index contributed by atoms with van der Waals surface area (Å²) in [4.78, 5) is 24.5. The Kier molecular flexibility index (Phi) is 57.5. The van der Waals surface area contributed by atoms with Crippen molar-refractivity contribution in [3.05, 3.63) is 24.3 Å². The van der Waals surface area contributed by atoms with Gasteiger partial charge < -0.3 is 20.3 Å². The molecule has 0 aromatic carbocycles. The highest BCUT2D eigenvalue weighted by Gasteiger charge is 2.20. The van der Waals surface area contributed by atoms with Crippen LogP contribution in [0.25, 0.3) is 0 Å². The van der Waals surface area contributed by atoms with Crippen molar-refractivity contribution in [3.63, 3.8) is 0 Å². The van der Waals surface area contributed by atoms with Gasteiger partial charge in [0, 0.05) is 12.8 Å². The third kappa shape index (κ3) is 55.5. The van der Waals surface area contributed by atoms with Crippen LogP contribution in [0, 0.1) is 0 Å². The first kappa shape index (κ1) is 67.3. The number of esters is 1. The molecule has 0 bridgehead atoms. The van der Waals surface area contributed by atoms with Gasteiger partial charge in [0.2, 0.25) is 5.91 Å². The molecule has 0 saturated carbocycles. The van der Waals surface area contributed by atoms with Crippen LogP contribution >= 0.6 is 0 Å². The molecule has 6 heteroatoms. The fourth-order valence-corrected chi connectivity index (χ4v) is 9.69. The van der Waals surface area contributed by atoms with Crippen molar-refractivity contribution >= 4 is 11.9 Å². The highest BCUT2D eigenvalue weighted by molar-refractivity contribution is 5.76. The molecule has 0 aliphatic rings. The molecular weight excluding hydrogens is 851 g/mol. The summed E-state index contributed by atoms with van der Waals surface area (Å²) in [6.07, 6.45) is 71.8. The molecule has 2 atom stereocenters. The fourth-order valence-electron chi connectivity index (χ4n) is 9.69. The highest BCUT2D eigenvalue weighted by atomic mass is 16.5. The van der Waals surface area contributed by atoms with Gasteiger partial charge in [0.25, 0.3) is 0 Å². The quantitative estimate of drug-likeness (QED) is 0.0321. The van der Waals surface area contributed by atoms with E-state index < -0.39 is 12.1 Å². The van der Waals surface area contributed by atoms with Crippen LogP contribution in [0.15, 0.2) is 24.3 Å². The van der Waals surface area contributed by atoms with Gasteiger partial charge in [-0.2, -0.15) is 0 Å². The van der Waals surface area contributed by atoms with Crippen LogP contribution in [0.2, 0.25) is 0 Å². The molecule has 0 aromatic rings. The number of hydrogen-bond acceptors (Lipinski definition) is 5. The van der Waals surface area contributed by atoms with E-state index in [0.29, 0.717) is 25.9 Å². The molecule has 0 saturated heterocycles. The van der Waals surface area contributed by atoms with Crippen LogP contribution < -0.4 is 5.32 Å². The number of amides is 1. The number of rotatable bonds is 58. The molecule has 0 rings (SSSR count). The van der Waals surface area contributed by atoms with Crippen molar-refractivity contribution in [1.29, 1.82) is 0 Å². The zero-order chi connectivity index (χ0) is 50.0. The van der Waals surface area contributed by atoms with Crippen molar-refractivity contribution in [1.82, 2.24) is 5.32 Å². The van der Waals surface area contributed by atoms with E-state index in [1.54, 1.807) is 0 Å². The second-order valence-corrected chi connectivity index (χ2v) is 21.4. The number of aliphatic hydroxyl groups is 2. The fraction of sp³-hybridized carbons (Fsp3) is 0.905. The molecule has 1 amide bonds. The van der Waals surface area contributed by atoms with Crippen molar-refractivity contribution in [2.75, 3.05) is 13.2 Å². The third-order valence-electron chi connectivity index (χ3n) is 14.5. The lowest BCUT2D eigenvalue weighted by molar-refractivity contribution is -0.143. The van der Waals surface area contributed by atoms with Crippen LogP contribution in [0.1, 0.15) is 341 Å². The Hall–Kier alpha value is -1.66. The van der Waals surface area contributed by atoms with Crippen LogP contribution in [0.5, 0.6) is 0 Å². The lowest BCUT2D eigenvalue weighted by Crippen LogP contribution is -2.45. The Morgan fingerprint density at radius 1 is 0.391 bits per heavy atom. The van der Waals surface area contributed by atoms with E-state index >= 15 is 0 Å². The van der Waals surface area contributed by atoms with Crippen LogP contribution in [-0.4, -0.2) is 47.4 Å². The highest BCUT2D eigenvalue weighted by Crippen LogP contribution is 2.18. The predicted octanol–water partition coefficient (Wildman–Crippen LogP) is 19.4. The second kappa shape index (κ2) is 58.9. The summed E-state index contributed by atoms with van der Waals surface area (Å²) >= 11 is 0. The third-order valence-corrected chi connectivity index (χ3v) is 14.5. The molecule has 408 valence electrons. The minimum Gasteiger partial charge on any atom is -0.466 e. The molecule has 2 unspecified atom stereocenters. The lowest BCUT2D eigenvalue weighted by atomic mass is 10.0. The summed E-state index contributed by atoms with van der Waals surface area (Å²) < 4.78 is 5.46. The number of hydrogen-bond donors (Lipinski definition) is 3. The Labute approximate surface area is 431 Å². The zero-order valence-electron chi connectivity index (χ0n) is 46.6. The molecule has 0 aromatic heterocycles. The van der Waals surface area contributed by atoms with E-state index in [1.165, 1.54) is 263 Å². The Morgan fingerprint density at radius 2 is 0.681 bits per heavy atom. The van der Waals surface area contributed by atoms with Crippen molar-refractivity contribution in [2.45, 2.75) is 353 Å². The Morgan fingerprint density at radius 3 is 1.06 bits per heavy atom. The molecule has 3 N–H and O–H groups in total. The van der Waals surface area contributed by atoms with Crippen molar-refractivity contribution in [3.8, 4) is 0 Å². The molecule has 0 aliphatic heterocycles. The number of nitrogens with one attached hydrogen (secondary N) is 1. The standard InChI is InChI=1S/C63H121NO5/c1-3-5-7-9-11-13-15-17-18-19-20-23-26-29-32-35-39-43-47-51-55-61(66)60(59-65)64-62(67)56-52-48-44-40-36-33-30-27-24-21-22-25-28-31-34-38-42-46-50-54-58-69-63(68)57-53-49-45-41-37-16-14-12-10-8-6-4-2/h12,14,21,24,60-61,65-66H,3-11,13,15-20,22-23,25-59H2,1-2H3,(H,64,67)/b14-12-,24-21-. The van der Waals surface area contributed by atoms with Crippen LogP contribution in [0.3, 0.4) is 0 Å². The first-order valence-corrected chi connectivity index (χ1v) is 31.1. The maximum atomic E-state index is 12.5. The van der Waals surface area contributed by atoms with Gasteiger partial charge in [-0.05, 0) is 77.0 Å². The SMILES string of the molecule is CCCCC/C=C\CCCCCCCC(=O)OCCCCCCCCCCC/C=C\CCCCCCCCCC(=O)NC(CO)C(O)CCCCCCCCCCCCCCCCCCCCCC. The van der Waals surface area contributed by atoms with E-state index in [1.807, 2.05) is 0 Å².